The lowest BCUT2D eigenvalue weighted by molar-refractivity contribution is -0.870. The molecule has 2 N–H and O–H groups in total. The summed E-state index contributed by atoms with van der Waals surface area (Å²) in [5.41, 5.74) is 0.544. The van der Waals surface area contributed by atoms with Crippen molar-refractivity contribution in [2.45, 2.75) is 122 Å². The van der Waals surface area contributed by atoms with E-state index in [-0.39, 0.29) is 30.2 Å². The Labute approximate surface area is 251 Å². The molecule has 0 aromatic heterocycles. The first-order chi connectivity index (χ1) is 18.2. The number of amides is 2. The van der Waals surface area contributed by atoms with Gasteiger partial charge in [-0.05, 0) is 24.8 Å². The van der Waals surface area contributed by atoms with E-state index >= 15 is 0 Å². The number of carbonyl (C=O) groups is 2. The van der Waals surface area contributed by atoms with Gasteiger partial charge in [-0.2, -0.15) is 0 Å². The normalized spacial score (nSPS) is 11.0. The van der Waals surface area contributed by atoms with E-state index in [1.165, 1.54) is 89.9 Å². The molecule has 0 atom stereocenters. The van der Waals surface area contributed by atoms with Gasteiger partial charge in [0.15, 0.2) is 0 Å². The highest BCUT2D eigenvalue weighted by molar-refractivity contribution is 5.68. The Kier molecular flexibility index (Phi) is 28.9. The van der Waals surface area contributed by atoms with E-state index in [0.29, 0.717) is 18.7 Å². The molecule has 0 saturated heterocycles. The number of halogens is 1. The maximum Gasteiger partial charge on any atom is 0.407 e. The molecule has 0 bridgehead atoms. The molecule has 0 saturated carbocycles. The fourth-order valence-electron chi connectivity index (χ4n) is 4.24. The Morgan fingerprint density at radius 1 is 0.590 bits per heavy atom. The number of hydrogen-bond acceptors (Lipinski definition) is 4. The number of ether oxygens (including phenoxy) is 2. The first-order valence-electron chi connectivity index (χ1n) is 15.5. The lowest BCUT2D eigenvalue weighted by atomic mass is 10.0. The number of quaternary nitrogens is 1. The molecule has 0 heterocycles. The van der Waals surface area contributed by atoms with Gasteiger partial charge in [0.1, 0.15) is 13.2 Å². The van der Waals surface area contributed by atoms with Crippen LogP contribution in [0, 0.1) is 0 Å². The highest BCUT2D eigenvalue weighted by Crippen LogP contribution is 2.13. The third kappa shape index (κ3) is 32.8. The molecule has 0 aliphatic carbocycles. The molecule has 232 valence electrons. The highest BCUT2D eigenvalue weighted by atomic mass is 79.9. The SMILES string of the molecule is C=C(COC(=O)NCCCCCCCCCCCCCCCCCC)COC(=O)NCCCC[N+](C)(C)C.[Br-]. The fourth-order valence-corrected chi connectivity index (χ4v) is 4.24. The molecule has 0 unspecified atom stereocenters. The Bertz CT molecular complexity index is 597. The quantitative estimate of drug-likeness (QED) is 0.0832. The van der Waals surface area contributed by atoms with Crippen LogP contribution in [0.25, 0.3) is 0 Å². The van der Waals surface area contributed by atoms with E-state index in [4.69, 9.17) is 9.47 Å². The van der Waals surface area contributed by atoms with Crippen molar-refractivity contribution in [1.29, 1.82) is 0 Å². The first kappa shape index (κ1) is 39.9. The zero-order valence-electron chi connectivity index (χ0n) is 25.9. The lowest BCUT2D eigenvalue weighted by Crippen LogP contribution is -3.00. The second kappa shape index (κ2) is 28.3. The average Bonchev–Trinajstić information content (AvgIpc) is 2.87. The molecule has 0 radical (unpaired) electrons. The number of nitrogens with one attached hydrogen (secondary N) is 2. The molecule has 0 aliphatic rings. The highest BCUT2D eigenvalue weighted by Gasteiger charge is 2.08. The van der Waals surface area contributed by atoms with Crippen molar-refractivity contribution in [3.8, 4) is 0 Å². The number of unbranched alkanes of at least 4 members (excludes halogenated alkanes) is 16. The Balaban J connectivity index is 0. The molecule has 0 fully saturated rings. The zero-order chi connectivity index (χ0) is 28.3. The van der Waals surface area contributed by atoms with Gasteiger partial charge in [0.2, 0.25) is 0 Å². The molecule has 0 aromatic rings. The average molecular weight is 621 g/mol. The van der Waals surface area contributed by atoms with Crippen molar-refractivity contribution < 1.29 is 40.5 Å². The van der Waals surface area contributed by atoms with Gasteiger partial charge in [0.05, 0.1) is 27.7 Å². The summed E-state index contributed by atoms with van der Waals surface area (Å²) in [4.78, 5) is 23.6. The van der Waals surface area contributed by atoms with Crippen LogP contribution in [0.5, 0.6) is 0 Å². The minimum absolute atomic E-state index is 0. The third-order valence-corrected chi connectivity index (χ3v) is 6.64. The molecule has 0 spiro atoms. The predicted octanol–water partition coefficient (Wildman–Crippen LogP) is 4.75. The predicted molar refractivity (Wildman–Crippen MR) is 160 cm³/mol. The van der Waals surface area contributed by atoms with Gasteiger partial charge in [-0.3, -0.25) is 0 Å². The maximum atomic E-state index is 11.8. The molecule has 0 aliphatic heterocycles. The summed E-state index contributed by atoms with van der Waals surface area (Å²) in [7, 11) is 6.45. The van der Waals surface area contributed by atoms with Crippen LogP contribution in [0.3, 0.4) is 0 Å². The van der Waals surface area contributed by atoms with Crippen molar-refractivity contribution in [1.82, 2.24) is 10.6 Å². The Morgan fingerprint density at radius 2 is 0.923 bits per heavy atom. The van der Waals surface area contributed by atoms with Crippen molar-refractivity contribution in [3.63, 3.8) is 0 Å². The van der Waals surface area contributed by atoms with Crippen molar-refractivity contribution in [2.75, 3.05) is 54.0 Å². The molecular weight excluding hydrogens is 558 g/mol. The minimum atomic E-state index is -0.468. The van der Waals surface area contributed by atoms with Gasteiger partial charge in [-0.15, -0.1) is 0 Å². The molecular formula is C31H62BrN3O4. The van der Waals surface area contributed by atoms with Crippen LogP contribution in [0.4, 0.5) is 9.59 Å². The second-order valence-electron chi connectivity index (χ2n) is 11.8. The van der Waals surface area contributed by atoms with Crippen LogP contribution in [0.2, 0.25) is 0 Å². The Morgan fingerprint density at radius 3 is 1.28 bits per heavy atom. The van der Waals surface area contributed by atoms with E-state index in [1.54, 1.807) is 0 Å². The summed E-state index contributed by atoms with van der Waals surface area (Å²) in [6.45, 7) is 8.43. The van der Waals surface area contributed by atoms with Gasteiger partial charge < -0.3 is 41.6 Å². The van der Waals surface area contributed by atoms with Crippen molar-refractivity contribution in [3.05, 3.63) is 12.2 Å². The summed E-state index contributed by atoms with van der Waals surface area (Å²) in [5.74, 6) is 0. The Hall–Kier alpha value is -1.28. The number of hydrogen-bond donors (Lipinski definition) is 2. The van der Waals surface area contributed by atoms with Gasteiger partial charge in [0.25, 0.3) is 0 Å². The number of rotatable bonds is 26. The molecule has 39 heavy (non-hydrogen) atoms. The van der Waals surface area contributed by atoms with Gasteiger partial charge in [-0.25, -0.2) is 9.59 Å². The van der Waals surface area contributed by atoms with E-state index in [9.17, 15) is 9.59 Å². The third-order valence-electron chi connectivity index (χ3n) is 6.64. The molecule has 7 nitrogen and oxygen atoms in total. The first-order valence-corrected chi connectivity index (χ1v) is 15.5. The number of nitrogens with zero attached hydrogens (tertiary/aromatic N) is 1. The van der Waals surface area contributed by atoms with Crippen LogP contribution in [-0.2, 0) is 9.47 Å². The van der Waals surface area contributed by atoms with Crippen LogP contribution < -0.4 is 27.6 Å². The summed E-state index contributed by atoms with van der Waals surface area (Å²) < 4.78 is 11.2. The van der Waals surface area contributed by atoms with E-state index in [1.807, 2.05) is 0 Å². The maximum absolute atomic E-state index is 11.8. The standard InChI is InChI=1S/C31H61N3O4.BrH/c1-6-7-8-9-10-11-12-13-14-15-16-17-18-19-20-21-24-32-30(35)37-27-29(2)28-38-31(36)33-25-22-23-26-34(3,4)5;/h2,6-28H2,1,3-5H3,(H-,32,33,35,36);1H. The summed E-state index contributed by atoms with van der Waals surface area (Å²) in [6, 6.07) is 0. The van der Waals surface area contributed by atoms with Crippen LogP contribution in [-0.4, -0.2) is 70.7 Å². The monoisotopic (exact) mass is 619 g/mol. The summed E-state index contributed by atoms with van der Waals surface area (Å²) in [6.07, 6.45) is 22.3. The lowest BCUT2D eigenvalue weighted by Gasteiger charge is -2.23. The van der Waals surface area contributed by atoms with E-state index in [0.717, 1.165) is 36.7 Å². The summed E-state index contributed by atoms with van der Waals surface area (Å²) in [5, 5.41) is 5.51. The van der Waals surface area contributed by atoms with Crippen LogP contribution in [0.15, 0.2) is 12.2 Å². The van der Waals surface area contributed by atoms with Crippen LogP contribution >= 0.6 is 0 Å². The van der Waals surface area contributed by atoms with Crippen LogP contribution in [0.1, 0.15) is 122 Å². The van der Waals surface area contributed by atoms with E-state index in [2.05, 4.69) is 45.3 Å². The van der Waals surface area contributed by atoms with E-state index < -0.39 is 12.2 Å². The molecule has 8 heteroatoms. The van der Waals surface area contributed by atoms with Gasteiger partial charge in [-0.1, -0.05) is 110 Å². The molecule has 0 aromatic carbocycles. The largest absolute Gasteiger partial charge is 1.00 e. The second-order valence-corrected chi connectivity index (χ2v) is 11.8. The topological polar surface area (TPSA) is 76.7 Å². The number of alkyl carbamates (subject to hydrolysis) is 2. The molecule has 2 amide bonds. The van der Waals surface area contributed by atoms with Gasteiger partial charge >= 0.3 is 12.2 Å². The van der Waals surface area contributed by atoms with Crippen molar-refractivity contribution in [2.24, 2.45) is 0 Å². The van der Waals surface area contributed by atoms with Crippen molar-refractivity contribution >= 4 is 12.2 Å². The summed E-state index contributed by atoms with van der Waals surface area (Å²) >= 11 is 0. The smallest absolute Gasteiger partial charge is 0.407 e. The molecule has 0 rings (SSSR count). The van der Waals surface area contributed by atoms with Gasteiger partial charge in [0, 0.05) is 13.1 Å². The zero-order valence-corrected chi connectivity index (χ0v) is 27.5. The fraction of sp³-hybridized carbons (Fsp3) is 0.871. The number of carbonyl (C=O) groups excluding carboxylic acids is 2. The minimum Gasteiger partial charge on any atom is -1.00 e.